The number of nitrogens with one attached hydrogen (secondary N) is 1. The molecule has 1 unspecified atom stereocenters. The highest BCUT2D eigenvalue weighted by atomic mass is 32.2. The largest absolute Gasteiger partial charge is 0.465 e. The minimum atomic E-state index is -0.641. The van der Waals surface area contributed by atoms with E-state index < -0.39 is 5.60 Å². The average molecular weight is 241 g/mol. The Bertz CT molecular complexity index is 307. The summed E-state index contributed by atoms with van der Waals surface area (Å²) in [5, 5.41) is 13.1. The highest BCUT2D eigenvalue weighted by molar-refractivity contribution is 7.98. The molecule has 1 atom stereocenters. The Labute approximate surface area is 101 Å². The molecule has 0 fully saturated rings. The molecule has 1 rings (SSSR count). The molecular weight excluding hydrogens is 222 g/mol. The fraction of sp³-hybridized carbons (Fsp3) is 0.500. The van der Waals surface area contributed by atoms with E-state index in [1.807, 2.05) is 37.5 Å². The van der Waals surface area contributed by atoms with Crippen molar-refractivity contribution in [1.82, 2.24) is 5.32 Å². The zero-order chi connectivity index (χ0) is 11.9. The Kier molecular flexibility index (Phi) is 5.66. The Morgan fingerprint density at radius 1 is 1.62 bits per heavy atom. The maximum absolute atomic E-state index is 9.87. The fourth-order valence-electron chi connectivity index (χ4n) is 1.35. The smallest absolute Gasteiger partial charge is 0.126 e. The van der Waals surface area contributed by atoms with Gasteiger partial charge in [-0.1, -0.05) is 6.08 Å². The maximum atomic E-state index is 9.87. The zero-order valence-electron chi connectivity index (χ0n) is 9.77. The Morgan fingerprint density at radius 2 is 2.44 bits per heavy atom. The second-order valence-corrected chi connectivity index (χ2v) is 4.84. The molecule has 1 heterocycles. The third-order valence-electron chi connectivity index (χ3n) is 2.05. The van der Waals surface area contributed by atoms with Crippen LogP contribution in [-0.2, 0) is 0 Å². The van der Waals surface area contributed by atoms with Crippen molar-refractivity contribution >= 4 is 17.8 Å². The lowest BCUT2D eigenvalue weighted by atomic mass is 10.1. The predicted molar refractivity (Wildman–Crippen MR) is 69.6 cm³/mol. The first-order valence-corrected chi connectivity index (χ1v) is 6.65. The highest BCUT2D eigenvalue weighted by Crippen LogP contribution is 2.08. The lowest BCUT2D eigenvalue weighted by Gasteiger charge is -2.22. The Morgan fingerprint density at radius 3 is 3.06 bits per heavy atom. The lowest BCUT2D eigenvalue weighted by Crippen LogP contribution is -2.40. The van der Waals surface area contributed by atoms with Gasteiger partial charge in [-0.3, -0.25) is 0 Å². The van der Waals surface area contributed by atoms with E-state index in [-0.39, 0.29) is 0 Å². The summed E-state index contributed by atoms with van der Waals surface area (Å²) in [5.41, 5.74) is -0.641. The summed E-state index contributed by atoms with van der Waals surface area (Å²) in [4.78, 5) is 0. The molecule has 16 heavy (non-hydrogen) atoms. The van der Waals surface area contributed by atoms with E-state index in [0.29, 0.717) is 6.54 Å². The molecule has 0 aliphatic heterocycles. The van der Waals surface area contributed by atoms with Gasteiger partial charge in [0, 0.05) is 18.8 Å². The molecule has 0 aliphatic rings. The summed E-state index contributed by atoms with van der Waals surface area (Å²) in [7, 11) is 0. The normalized spacial score (nSPS) is 15.4. The van der Waals surface area contributed by atoms with Crippen LogP contribution < -0.4 is 5.32 Å². The van der Waals surface area contributed by atoms with Gasteiger partial charge in [-0.2, -0.15) is 11.8 Å². The van der Waals surface area contributed by atoms with Crippen LogP contribution in [0.2, 0.25) is 0 Å². The summed E-state index contributed by atoms with van der Waals surface area (Å²) in [5.74, 6) is 1.58. The van der Waals surface area contributed by atoms with E-state index in [1.54, 1.807) is 18.0 Å². The number of hydrogen-bond donors (Lipinski definition) is 2. The van der Waals surface area contributed by atoms with E-state index in [1.165, 1.54) is 0 Å². The van der Waals surface area contributed by atoms with Crippen LogP contribution in [0.4, 0.5) is 0 Å². The van der Waals surface area contributed by atoms with Gasteiger partial charge in [0.1, 0.15) is 5.76 Å². The molecule has 0 saturated heterocycles. The van der Waals surface area contributed by atoms with Gasteiger partial charge in [0.05, 0.1) is 11.9 Å². The molecule has 0 amide bonds. The zero-order valence-corrected chi connectivity index (χ0v) is 10.6. The van der Waals surface area contributed by atoms with Crippen molar-refractivity contribution in [3.05, 3.63) is 30.2 Å². The molecule has 0 aliphatic carbocycles. The monoisotopic (exact) mass is 241 g/mol. The van der Waals surface area contributed by atoms with Gasteiger partial charge in [0.25, 0.3) is 0 Å². The van der Waals surface area contributed by atoms with Gasteiger partial charge >= 0.3 is 0 Å². The molecule has 1 aromatic heterocycles. The third kappa shape index (κ3) is 5.39. The van der Waals surface area contributed by atoms with Crippen molar-refractivity contribution < 1.29 is 9.52 Å². The third-order valence-corrected chi connectivity index (χ3v) is 2.96. The van der Waals surface area contributed by atoms with Crippen LogP contribution in [-0.4, -0.2) is 35.8 Å². The highest BCUT2D eigenvalue weighted by Gasteiger charge is 2.17. The van der Waals surface area contributed by atoms with Crippen molar-refractivity contribution in [2.75, 3.05) is 25.1 Å². The Hall–Kier alpha value is -0.710. The lowest BCUT2D eigenvalue weighted by molar-refractivity contribution is 0.0861. The topological polar surface area (TPSA) is 45.4 Å². The van der Waals surface area contributed by atoms with E-state index >= 15 is 0 Å². The van der Waals surface area contributed by atoms with Crippen molar-refractivity contribution in [3.63, 3.8) is 0 Å². The number of thioether (sulfide) groups is 1. The molecule has 90 valence electrons. The maximum Gasteiger partial charge on any atom is 0.126 e. The van der Waals surface area contributed by atoms with E-state index in [4.69, 9.17) is 4.42 Å². The van der Waals surface area contributed by atoms with Crippen LogP contribution in [0.15, 0.2) is 28.9 Å². The van der Waals surface area contributed by atoms with Crippen LogP contribution in [0.1, 0.15) is 12.7 Å². The van der Waals surface area contributed by atoms with E-state index in [9.17, 15) is 5.11 Å². The van der Waals surface area contributed by atoms with Crippen LogP contribution in [0.3, 0.4) is 0 Å². The van der Waals surface area contributed by atoms with Gasteiger partial charge in [0.2, 0.25) is 0 Å². The van der Waals surface area contributed by atoms with Crippen molar-refractivity contribution in [1.29, 1.82) is 0 Å². The van der Waals surface area contributed by atoms with Gasteiger partial charge in [-0.05, 0) is 31.4 Å². The molecule has 0 spiro atoms. The minimum absolute atomic E-state index is 0.594. The molecule has 1 aromatic rings. The SMILES string of the molecule is CSCC(C)(O)CNC/C=C/c1ccco1. The van der Waals surface area contributed by atoms with Gasteiger partial charge in [0.15, 0.2) is 0 Å². The van der Waals surface area contributed by atoms with Crippen molar-refractivity contribution in [2.45, 2.75) is 12.5 Å². The average Bonchev–Trinajstić information content (AvgIpc) is 2.69. The van der Waals surface area contributed by atoms with E-state index in [0.717, 1.165) is 18.1 Å². The standard InChI is InChI=1S/C12H19NO2S/c1-12(14,10-16-2)9-13-7-3-5-11-6-4-8-15-11/h3-6,8,13-14H,7,9-10H2,1-2H3/b5-3+. The first-order valence-electron chi connectivity index (χ1n) is 5.26. The van der Waals surface area contributed by atoms with Gasteiger partial charge in [-0.15, -0.1) is 0 Å². The summed E-state index contributed by atoms with van der Waals surface area (Å²) >= 11 is 1.65. The summed E-state index contributed by atoms with van der Waals surface area (Å²) < 4.78 is 5.15. The first kappa shape index (κ1) is 13.4. The molecule has 0 bridgehead atoms. The van der Waals surface area contributed by atoms with Crippen LogP contribution in [0.25, 0.3) is 6.08 Å². The summed E-state index contributed by atoms with van der Waals surface area (Å²) in [6, 6.07) is 3.76. The van der Waals surface area contributed by atoms with Crippen molar-refractivity contribution in [3.8, 4) is 0 Å². The summed E-state index contributed by atoms with van der Waals surface area (Å²) in [6.07, 6.45) is 7.53. The second-order valence-electron chi connectivity index (χ2n) is 3.98. The molecule has 2 N–H and O–H groups in total. The first-order chi connectivity index (χ1) is 7.64. The number of furan rings is 1. The number of aliphatic hydroxyl groups is 1. The van der Waals surface area contributed by atoms with Crippen molar-refractivity contribution in [2.24, 2.45) is 0 Å². The fourth-order valence-corrected chi connectivity index (χ4v) is 2.07. The minimum Gasteiger partial charge on any atom is -0.465 e. The number of rotatable bonds is 7. The molecule has 0 aromatic carbocycles. The molecular formula is C12H19NO2S. The van der Waals surface area contributed by atoms with Crippen LogP contribution >= 0.6 is 11.8 Å². The molecule has 0 radical (unpaired) electrons. The van der Waals surface area contributed by atoms with Crippen LogP contribution in [0, 0.1) is 0 Å². The molecule has 3 nitrogen and oxygen atoms in total. The quantitative estimate of drug-likeness (QED) is 0.717. The number of hydrogen-bond acceptors (Lipinski definition) is 4. The van der Waals surface area contributed by atoms with Gasteiger partial charge < -0.3 is 14.8 Å². The predicted octanol–water partition coefficient (Wildman–Crippen LogP) is 2.00. The van der Waals surface area contributed by atoms with Gasteiger partial charge in [-0.25, -0.2) is 0 Å². The Balaban J connectivity index is 2.16. The molecule has 4 heteroatoms. The molecule has 0 saturated carbocycles. The van der Waals surface area contributed by atoms with Crippen LogP contribution in [0.5, 0.6) is 0 Å². The van der Waals surface area contributed by atoms with E-state index in [2.05, 4.69) is 5.32 Å². The summed E-state index contributed by atoms with van der Waals surface area (Å²) in [6.45, 7) is 3.16. The second kappa shape index (κ2) is 6.78.